The maximum absolute atomic E-state index is 9.48. The van der Waals surface area contributed by atoms with Gasteiger partial charge in [-0.2, -0.15) is 0 Å². The van der Waals surface area contributed by atoms with Crippen LogP contribution in [0.1, 0.15) is 0 Å². The summed E-state index contributed by atoms with van der Waals surface area (Å²) in [5.41, 5.74) is 0. The lowest BCUT2D eigenvalue weighted by atomic mass is 10.1. The summed E-state index contributed by atoms with van der Waals surface area (Å²) in [4.78, 5) is 9.48. The van der Waals surface area contributed by atoms with E-state index in [1.807, 2.05) is 0 Å². The first-order valence-electron chi connectivity index (χ1n) is 2.63. The molecule has 0 bridgehead atoms. The second-order valence-electron chi connectivity index (χ2n) is 1.92. The quantitative estimate of drug-likeness (QED) is 0.526. The molecular formula is C5H8NO2. The molecule has 1 N–H and O–H groups in total. The fourth-order valence-electron chi connectivity index (χ4n) is 0.618. The number of carbonyl (C=O) groups excluding carboxylic acids is 1. The second-order valence-corrected chi connectivity index (χ2v) is 1.92. The minimum Gasteiger partial charge on any atom is -0.457 e. The predicted molar refractivity (Wildman–Crippen MR) is 28.0 cm³/mol. The van der Waals surface area contributed by atoms with Gasteiger partial charge in [-0.1, -0.05) is 0 Å². The van der Waals surface area contributed by atoms with Crippen LogP contribution in [0.3, 0.4) is 0 Å². The van der Waals surface area contributed by atoms with Crippen molar-refractivity contribution in [3.63, 3.8) is 0 Å². The van der Waals surface area contributed by atoms with Gasteiger partial charge < -0.3 is 10.1 Å². The molecule has 0 spiro atoms. The third kappa shape index (κ3) is 1.20. The second kappa shape index (κ2) is 2.67. The van der Waals surface area contributed by atoms with Crippen molar-refractivity contribution in [3.05, 3.63) is 0 Å². The predicted octanol–water partition coefficient (Wildman–Crippen LogP) is -0.710. The fourth-order valence-corrected chi connectivity index (χ4v) is 0.618. The van der Waals surface area contributed by atoms with Gasteiger partial charge in [-0.3, -0.25) is 0 Å². The summed E-state index contributed by atoms with van der Waals surface area (Å²) in [6, 6.07) is 0. The molecule has 45 valence electrons. The summed E-state index contributed by atoms with van der Waals surface area (Å²) >= 11 is 0. The van der Waals surface area contributed by atoms with Gasteiger partial charge in [0, 0.05) is 19.0 Å². The first kappa shape index (κ1) is 5.56. The van der Waals surface area contributed by atoms with Gasteiger partial charge in [0.05, 0.1) is 6.61 Å². The van der Waals surface area contributed by atoms with Crippen molar-refractivity contribution >= 4 is 6.47 Å². The van der Waals surface area contributed by atoms with Crippen molar-refractivity contribution in [2.45, 2.75) is 0 Å². The zero-order chi connectivity index (χ0) is 5.82. The van der Waals surface area contributed by atoms with E-state index in [0.29, 0.717) is 12.5 Å². The van der Waals surface area contributed by atoms with E-state index in [9.17, 15) is 4.79 Å². The molecule has 1 radical (unpaired) electrons. The zero-order valence-corrected chi connectivity index (χ0v) is 4.52. The molecule has 1 aliphatic rings. The molecule has 0 aliphatic carbocycles. The molecule has 1 fully saturated rings. The van der Waals surface area contributed by atoms with Crippen LogP contribution in [0.25, 0.3) is 0 Å². The van der Waals surface area contributed by atoms with Crippen LogP contribution >= 0.6 is 0 Å². The summed E-state index contributed by atoms with van der Waals surface area (Å²) in [7, 11) is 0. The van der Waals surface area contributed by atoms with Crippen LogP contribution in [0.4, 0.5) is 0 Å². The fraction of sp³-hybridized carbons (Fsp3) is 0.800. The third-order valence-corrected chi connectivity index (χ3v) is 1.24. The first-order chi connectivity index (χ1) is 3.93. The van der Waals surface area contributed by atoms with Crippen molar-refractivity contribution in [2.24, 2.45) is 5.92 Å². The van der Waals surface area contributed by atoms with Gasteiger partial charge in [-0.05, 0) is 0 Å². The molecule has 0 unspecified atom stereocenters. The van der Waals surface area contributed by atoms with E-state index < -0.39 is 0 Å². The molecule has 0 aromatic heterocycles. The van der Waals surface area contributed by atoms with Gasteiger partial charge in [-0.15, -0.1) is 0 Å². The summed E-state index contributed by atoms with van der Waals surface area (Å²) in [6.07, 6.45) is 0. The maximum atomic E-state index is 9.48. The van der Waals surface area contributed by atoms with Crippen LogP contribution in [0.2, 0.25) is 0 Å². The molecule has 1 aliphatic heterocycles. The largest absolute Gasteiger partial charge is 0.457 e. The Morgan fingerprint density at radius 3 is 2.88 bits per heavy atom. The number of nitrogens with one attached hydrogen (secondary N) is 1. The van der Waals surface area contributed by atoms with E-state index in [4.69, 9.17) is 0 Å². The average Bonchev–Trinajstić information content (AvgIpc) is 1.63. The number of hydrogen-bond donors (Lipinski definition) is 1. The van der Waals surface area contributed by atoms with Gasteiger partial charge >= 0.3 is 6.47 Å². The normalized spacial score (nSPS) is 19.5. The number of rotatable bonds is 3. The van der Waals surface area contributed by atoms with Crippen LogP contribution in [-0.2, 0) is 9.53 Å². The Bertz CT molecular complexity index is 80.5. The minimum atomic E-state index is 0.524. The Hall–Kier alpha value is -0.570. The molecule has 0 saturated carbocycles. The Kier molecular flexibility index (Phi) is 1.86. The lowest BCUT2D eigenvalue weighted by molar-refractivity contribution is 0.181. The van der Waals surface area contributed by atoms with E-state index in [1.165, 1.54) is 6.47 Å². The van der Waals surface area contributed by atoms with Crippen LogP contribution < -0.4 is 5.32 Å². The minimum absolute atomic E-state index is 0.524. The van der Waals surface area contributed by atoms with Crippen molar-refractivity contribution in [3.8, 4) is 0 Å². The Morgan fingerprint density at radius 2 is 2.50 bits per heavy atom. The average molecular weight is 114 g/mol. The molecule has 0 aromatic rings. The summed E-state index contributed by atoms with van der Waals surface area (Å²) in [6.45, 7) is 3.86. The van der Waals surface area contributed by atoms with Crippen LogP contribution in [0.5, 0.6) is 0 Å². The Balaban J connectivity index is 1.93. The molecular weight excluding hydrogens is 106 g/mol. The highest BCUT2D eigenvalue weighted by Crippen LogP contribution is 2.00. The van der Waals surface area contributed by atoms with Gasteiger partial charge in [0.25, 0.3) is 0 Å². The van der Waals surface area contributed by atoms with Crippen molar-refractivity contribution in [1.82, 2.24) is 5.32 Å². The van der Waals surface area contributed by atoms with Crippen LogP contribution in [0, 0.1) is 5.92 Å². The Labute approximate surface area is 48.0 Å². The Morgan fingerprint density at radius 1 is 1.75 bits per heavy atom. The zero-order valence-electron chi connectivity index (χ0n) is 4.52. The molecule has 1 saturated heterocycles. The first-order valence-corrected chi connectivity index (χ1v) is 2.63. The monoisotopic (exact) mass is 114 g/mol. The molecule has 0 aromatic carbocycles. The van der Waals surface area contributed by atoms with Gasteiger partial charge in [0.15, 0.2) is 0 Å². The molecule has 0 atom stereocenters. The topological polar surface area (TPSA) is 38.3 Å². The highest BCUT2D eigenvalue weighted by Gasteiger charge is 2.16. The van der Waals surface area contributed by atoms with Crippen molar-refractivity contribution < 1.29 is 9.53 Å². The summed E-state index contributed by atoms with van der Waals surface area (Å²) < 4.78 is 4.39. The van der Waals surface area contributed by atoms with E-state index in [0.717, 1.165) is 13.1 Å². The standard InChI is InChI=1S/C5H8NO2/c7-4-8-3-5-1-6-2-5/h5-6H,1-3H2. The molecule has 3 heteroatoms. The van der Waals surface area contributed by atoms with Gasteiger partial charge in [0.2, 0.25) is 0 Å². The van der Waals surface area contributed by atoms with E-state index >= 15 is 0 Å². The molecule has 8 heavy (non-hydrogen) atoms. The van der Waals surface area contributed by atoms with Crippen molar-refractivity contribution in [1.29, 1.82) is 0 Å². The molecule has 1 heterocycles. The third-order valence-electron chi connectivity index (χ3n) is 1.24. The maximum Gasteiger partial charge on any atom is 0.417 e. The van der Waals surface area contributed by atoms with Crippen LogP contribution in [-0.4, -0.2) is 26.2 Å². The van der Waals surface area contributed by atoms with Gasteiger partial charge in [0.1, 0.15) is 0 Å². The van der Waals surface area contributed by atoms with E-state index in [2.05, 4.69) is 10.1 Å². The molecule has 1 rings (SSSR count). The van der Waals surface area contributed by atoms with E-state index in [1.54, 1.807) is 0 Å². The molecule has 0 amide bonds. The van der Waals surface area contributed by atoms with Crippen LogP contribution in [0.15, 0.2) is 0 Å². The highest BCUT2D eigenvalue weighted by atomic mass is 16.5. The highest BCUT2D eigenvalue weighted by molar-refractivity contribution is 5.38. The number of hydrogen-bond acceptors (Lipinski definition) is 3. The summed E-state index contributed by atoms with van der Waals surface area (Å²) in [5, 5.41) is 3.06. The summed E-state index contributed by atoms with van der Waals surface area (Å²) in [5.74, 6) is 0.538. The van der Waals surface area contributed by atoms with Gasteiger partial charge in [-0.25, -0.2) is 4.79 Å². The number of ether oxygens (including phenoxy) is 1. The smallest absolute Gasteiger partial charge is 0.417 e. The lowest BCUT2D eigenvalue weighted by Gasteiger charge is -2.25. The van der Waals surface area contributed by atoms with E-state index in [-0.39, 0.29) is 0 Å². The SMILES string of the molecule is O=[C]OCC1CNC1. The molecule has 3 nitrogen and oxygen atoms in total. The lowest BCUT2D eigenvalue weighted by Crippen LogP contribution is -2.44. The van der Waals surface area contributed by atoms with Crippen molar-refractivity contribution in [2.75, 3.05) is 19.7 Å².